The minimum absolute atomic E-state index is 0.753. The van der Waals surface area contributed by atoms with E-state index in [4.69, 9.17) is 9.72 Å². The fourth-order valence-electron chi connectivity index (χ4n) is 8.00. The van der Waals surface area contributed by atoms with Gasteiger partial charge in [-0.3, -0.25) is 4.57 Å². The van der Waals surface area contributed by atoms with Crippen LogP contribution < -0.4 is 4.74 Å². The predicted molar refractivity (Wildman–Crippen MR) is 210 cm³/mol. The van der Waals surface area contributed by atoms with E-state index in [9.17, 15) is 0 Å². The fraction of sp³-hybridized carbons (Fsp3) is 0.156. The van der Waals surface area contributed by atoms with Crippen LogP contribution >= 0.6 is 0 Å². The SMILES string of the molecule is CCc1cccc2c3cccc(CC)c3n(-c3ccnc(-n4c5ccccc5c5ccc(Oc6cccc(-n7nc(C)cc7C)c6)cc54)c3C)c12. The molecule has 0 aliphatic heterocycles. The van der Waals surface area contributed by atoms with Crippen molar-refractivity contribution in [2.75, 3.05) is 0 Å². The lowest BCUT2D eigenvalue weighted by atomic mass is 10.1. The van der Waals surface area contributed by atoms with Crippen molar-refractivity contribution < 1.29 is 4.74 Å². The maximum Gasteiger partial charge on any atom is 0.142 e. The second-order valence-electron chi connectivity index (χ2n) is 13.4. The summed E-state index contributed by atoms with van der Waals surface area (Å²) in [5.74, 6) is 2.41. The Morgan fingerprint density at radius 3 is 1.96 bits per heavy atom. The number of ether oxygens (including phenoxy) is 1. The maximum atomic E-state index is 6.56. The van der Waals surface area contributed by atoms with E-state index in [-0.39, 0.29) is 0 Å². The molecule has 0 fully saturated rings. The molecule has 0 aliphatic carbocycles. The van der Waals surface area contributed by atoms with Gasteiger partial charge in [-0.1, -0.05) is 74.5 Å². The molecule has 0 radical (unpaired) electrons. The monoisotopic (exact) mass is 665 g/mol. The zero-order valence-corrected chi connectivity index (χ0v) is 29.6. The first kappa shape index (κ1) is 30.9. The van der Waals surface area contributed by atoms with Gasteiger partial charge in [0.1, 0.15) is 17.3 Å². The second-order valence-corrected chi connectivity index (χ2v) is 13.4. The van der Waals surface area contributed by atoms with Gasteiger partial charge in [-0.2, -0.15) is 5.10 Å². The van der Waals surface area contributed by atoms with Crippen LogP contribution in [0.15, 0.2) is 121 Å². The van der Waals surface area contributed by atoms with Gasteiger partial charge in [0.05, 0.1) is 39.1 Å². The van der Waals surface area contributed by atoms with E-state index in [1.165, 1.54) is 38.3 Å². The number of para-hydroxylation sites is 3. The molecule has 9 rings (SSSR count). The summed E-state index contributed by atoms with van der Waals surface area (Å²) in [6, 6.07) is 40.8. The van der Waals surface area contributed by atoms with Crippen LogP contribution in [0.25, 0.3) is 60.8 Å². The van der Waals surface area contributed by atoms with Gasteiger partial charge in [0.25, 0.3) is 0 Å². The van der Waals surface area contributed by atoms with Gasteiger partial charge in [-0.25, -0.2) is 9.67 Å². The van der Waals surface area contributed by atoms with Gasteiger partial charge < -0.3 is 9.30 Å². The van der Waals surface area contributed by atoms with Crippen LogP contribution in [0.3, 0.4) is 0 Å². The number of benzene rings is 5. The Labute approximate surface area is 297 Å². The Morgan fingerprint density at radius 2 is 1.25 bits per heavy atom. The molecule has 0 spiro atoms. The van der Waals surface area contributed by atoms with E-state index in [2.05, 4.69) is 139 Å². The van der Waals surface area contributed by atoms with Crippen LogP contribution in [-0.2, 0) is 12.8 Å². The zero-order chi connectivity index (χ0) is 34.8. The number of aromatic nitrogens is 5. The molecule has 0 saturated heterocycles. The molecule has 4 heterocycles. The highest BCUT2D eigenvalue weighted by molar-refractivity contribution is 6.12. The number of nitrogens with zero attached hydrogens (tertiary/aromatic N) is 5. The summed E-state index contributed by atoms with van der Waals surface area (Å²) < 4.78 is 13.3. The Morgan fingerprint density at radius 1 is 0.588 bits per heavy atom. The van der Waals surface area contributed by atoms with E-state index in [0.29, 0.717) is 0 Å². The van der Waals surface area contributed by atoms with E-state index in [0.717, 1.165) is 74.9 Å². The molecule has 9 aromatic rings. The quantitative estimate of drug-likeness (QED) is 0.170. The Kier molecular flexibility index (Phi) is 7.28. The lowest BCUT2D eigenvalue weighted by Gasteiger charge is -2.18. The standard InChI is InChI=1S/C45H39N5O/c1-6-31-13-10-18-38-39-19-11-14-32(7-2)44(39)49(43(31)38)40-23-24-46-45(30(40)5)48-41-20-9-8-17-36(41)37-22-21-35(27-42(37)48)51-34-16-12-15-33(26-34)50-29(4)25-28(3)47-50/h8-27H,6-7H2,1-5H3. The van der Waals surface area contributed by atoms with Gasteiger partial charge in [0, 0.05) is 51.1 Å². The van der Waals surface area contributed by atoms with Crippen LogP contribution in [0.4, 0.5) is 0 Å². The topological polar surface area (TPSA) is 49.8 Å². The molecule has 0 atom stereocenters. The number of rotatable bonds is 7. The van der Waals surface area contributed by atoms with Crippen molar-refractivity contribution in [1.82, 2.24) is 23.9 Å². The largest absolute Gasteiger partial charge is 0.457 e. The summed E-state index contributed by atoms with van der Waals surface area (Å²) in [6.07, 6.45) is 3.86. The molecule has 0 aliphatic rings. The molecule has 0 N–H and O–H groups in total. The van der Waals surface area contributed by atoms with Gasteiger partial charge in [0.15, 0.2) is 0 Å². The molecule has 5 aromatic carbocycles. The zero-order valence-electron chi connectivity index (χ0n) is 29.6. The summed E-state index contributed by atoms with van der Waals surface area (Å²) in [4.78, 5) is 5.11. The van der Waals surface area contributed by atoms with Gasteiger partial charge >= 0.3 is 0 Å². The van der Waals surface area contributed by atoms with Gasteiger partial charge in [0.2, 0.25) is 0 Å². The fourth-order valence-corrected chi connectivity index (χ4v) is 8.00. The second kappa shape index (κ2) is 12.0. The third kappa shape index (κ3) is 4.85. The molecular formula is C45H39N5O. The van der Waals surface area contributed by atoms with Crippen molar-refractivity contribution in [3.63, 3.8) is 0 Å². The van der Waals surface area contributed by atoms with Crippen LogP contribution in [0, 0.1) is 20.8 Å². The van der Waals surface area contributed by atoms with Crippen molar-refractivity contribution in [2.24, 2.45) is 0 Å². The first-order valence-electron chi connectivity index (χ1n) is 17.8. The average Bonchev–Trinajstić information content (AvgIpc) is 3.80. The van der Waals surface area contributed by atoms with E-state index < -0.39 is 0 Å². The molecule has 51 heavy (non-hydrogen) atoms. The summed E-state index contributed by atoms with van der Waals surface area (Å²) in [5.41, 5.74) is 12.7. The molecule has 0 amide bonds. The molecule has 0 saturated carbocycles. The maximum absolute atomic E-state index is 6.56. The Bertz CT molecular complexity index is 2740. The molecule has 6 heteroatoms. The van der Waals surface area contributed by atoms with Crippen molar-refractivity contribution in [3.8, 4) is 28.7 Å². The molecule has 250 valence electrons. The van der Waals surface area contributed by atoms with Crippen molar-refractivity contribution >= 4 is 43.6 Å². The lowest BCUT2D eigenvalue weighted by Crippen LogP contribution is -2.07. The number of pyridine rings is 1. The molecule has 0 unspecified atom stereocenters. The summed E-state index contributed by atoms with van der Waals surface area (Å²) in [5, 5.41) is 9.58. The van der Waals surface area contributed by atoms with Crippen molar-refractivity contribution in [1.29, 1.82) is 0 Å². The van der Waals surface area contributed by atoms with Gasteiger partial charge in [-0.15, -0.1) is 0 Å². The highest BCUT2D eigenvalue weighted by Crippen LogP contribution is 2.40. The lowest BCUT2D eigenvalue weighted by molar-refractivity contribution is 0.482. The highest BCUT2D eigenvalue weighted by Gasteiger charge is 2.22. The van der Waals surface area contributed by atoms with Crippen LogP contribution in [0.1, 0.15) is 41.9 Å². The minimum Gasteiger partial charge on any atom is -0.457 e. The molecule has 6 nitrogen and oxygen atoms in total. The summed E-state index contributed by atoms with van der Waals surface area (Å²) in [7, 11) is 0. The third-order valence-corrected chi connectivity index (χ3v) is 10.3. The number of aryl methyl sites for hydroxylation is 4. The van der Waals surface area contributed by atoms with Crippen molar-refractivity contribution in [2.45, 2.75) is 47.5 Å². The number of hydrogen-bond acceptors (Lipinski definition) is 3. The molecule has 4 aromatic heterocycles. The first-order valence-corrected chi connectivity index (χ1v) is 17.8. The average molecular weight is 666 g/mol. The highest BCUT2D eigenvalue weighted by atomic mass is 16.5. The first-order chi connectivity index (χ1) is 24.9. The molecular weight excluding hydrogens is 627 g/mol. The number of hydrogen-bond donors (Lipinski definition) is 0. The third-order valence-electron chi connectivity index (χ3n) is 10.3. The Hall–Kier alpha value is -6.14. The molecule has 0 bridgehead atoms. The van der Waals surface area contributed by atoms with E-state index >= 15 is 0 Å². The Balaban J connectivity index is 1.24. The normalized spacial score (nSPS) is 11.8. The minimum atomic E-state index is 0.753. The van der Waals surface area contributed by atoms with Crippen LogP contribution in [-0.4, -0.2) is 23.9 Å². The van der Waals surface area contributed by atoms with Crippen LogP contribution in [0.5, 0.6) is 11.5 Å². The van der Waals surface area contributed by atoms with E-state index in [1.807, 2.05) is 36.0 Å². The summed E-state index contributed by atoms with van der Waals surface area (Å²) in [6.45, 7) is 10.8. The van der Waals surface area contributed by atoms with Gasteiger partial charge in [-0.05, 0) is 87.2 Å². The van der Waals surface area contributed by atoms with Crippen molar-refractivity contribution in [3.05, 3.63) is 150 Å². The van der Waals surface area contributed by atoms with Crippen LogP contribution in [0.2, 0.25) is 0 Å². The number of fused-ring (bicyclic) bond motifs is 6. The predicted octanol–water partition coefficient (Wildman–Crippen LogP) is 11.3. The smallest absolute Gasteiger partial charge is 0.142 e. The van der Waals surface area contributed by atoms with E-state index in [1.54, 1.807) is 0 Å². The summed E-state index contributed by atoms with van der Waals surface area (Å²) >= 11 is 0.